The lowest BCUT2D eigenvalue weighted by Gasteiger charge is -2.17. The van der Waals surface area contributed by atoms with Crippen LogP contribution in [0.1, 0.15) is 10.4 Å². The Morgan fingerprint density at radius 2 is 1.88 bits per heavy atom. The standard InChI is InChI=1S/C12H17N3O2/c1-14(2)10-6-4-5-9(7-10)12(17)15(3)8-11(13)16/h4-7H,8H2,1-3H3,(H2,13,16). The molecule has 0 aliphatic heterocycles. The van der Waals surface area contributed by atoms with Gasteiger partial charge in [0.2, 0.25) is 5.91 Å². The van der Waals surface area contributed by atoms with E-state index in [9.17, 15) is 9.59 Å². The van der Waals surface area contributed by atoms with Crippen molar-refractivity contribution in [3.8, 4) is 0 Å². The Balaban J connectivity index is 2.88. The van der Waals surface area contributed by atoms with Gasteiger partial charge in [-0.05, 0) is 18.2 Å². The molecule has 5 heteroatoms. The van der Waals surface area contributed by atoms with E-state index in [1.54, 1.807) is 25.2 Å². The molecule has 0 heterocycles. The summed E-state index contributed by atoms with van der Waals surface area (Å²) in [6.07, 6.45) is 0. The average Bonchev–Trinajstić information content (AvgIpc) is 2.27. The third-order valence-electron chi connectivity index (χ3n) is 2.35. The maximum absolute atomic E-state index is 12.0. The molecule has 92 valence electrons. The van der Waals surface area contributed by atoms with Crippen LogP contribution in [0.5, 0.6) is 0 Å². The van der Waals surface area contributed by atoms with Gasteiger partial charge in [0.15, 0.2) is 0 Å². The van der Waals surface area contributed by atoms with Crippen LogP contribution in [0.3, 0.4) is 0 Å². The van der Waals surface area contributed by atoms with E-state index in [1.807, 2.05) is 25.1 Å². The maximum Gasteiger partial charge on any atom is 0.254 e. The van der Waals surface area contributed by atoms with Gasteiger partial charge in [-0.15, -0.1) is 0 Å². The number of hydrogen-bond acceptors (Lipinski definition) is 3. The van der Waals surface area contributed by atoms with E-state index in [2.05, 4.69) is 0 Å². The van der Waals surface area contributed by atoms with Crippen LogP contribution < -0.4 is 10.6 Å². The molecule has 0 bridgehead atoms. The van der Waals surface area contributed by atoms with E-state index < -0.39 is 5.91 Å². The molecule has 1 aromatic carbocycles. The van der Waals surface area contributed by atoms with Crippen molar-refractivity contribution in [2.24, 2.45) is 5.73 Å². The molecule has 0 unspecified atom stereocenters. The van der Waals surface area contributed by atoms with Gasteiger partial charge in [-0.25, -0.2) is 0 Å². The van der Waals surface area contributed by atoms with Crippen molar-refractivity contribution in [2.45, 2.75) is 0 Å². The zero-order valence-electron chi connectivity index (χ0n) is 10.3. The van der Waals surface area contributed by atoms with Crippen LogP contribution >= 0.6 is 0 Å². The van der Waals surface area contributed by atoms with E-state index in [-0.39, 0.29) is 12.5 Å². The number of nitrogens with two attached hydrogens (primary N) is 1. The van der Waals surface area contributed by atoms with Crippen molar-refractivity contribution in [2.75, 3.05) is 32.6 Å². The van der Waals surface area contributed by atoms with Crippen LogP contribution in [0.4, 0.5) is 5.69 Å². The summed E-state index contributed by atoms with van der Waals surface area (Å²) in [7, 11) is 5.35. The first-order valence-corrected chi connectivity index (χ1v) is 5.23. The van der Waals surface area contributed by atoms with Gasteiger partial charge < -0.3 is 15.5 Å². The minimum atomic E-state index is -0.524. The molecule has 17 heavy (non-hydrogen) atoms. The topological polar surface area (TPSA) is 66.6 Å². The molecule has 1 aromatic rings. The molecule has 0 aromatic heterocycles. The van der Waals surface area contributed by atoms with Crippen LogP contribution in [0.25, 0.3) is 0 Å². The lowest BCUT2D eigenvalue weighted by atomic mass is 10.1. The first kappa shape index (κ1) is 13.0. The summed E-state index contributed by atoms with van der Waals surface area (Å²) in [5.74, 6) is -0.739. The third kappa shape index (κ3) is 3.48. The first-order chi connectivity index (χ1) is 7.91. The Hall–Kier alpha value is -2.04. The highest BCUT2D eigenvalue weighted by Gasteiger charge is 2.13. The van der Waals surface area contributed by atoms with Crippen LogP contribution in [0, 0.1) is 0 Å². The second-order valence-electron chi connectivity index (χ2n) is 4.07. The number of primary amides is 1. The average molecular weight is 235 g/mol. The fourth-order valence-corrected chi connectivity index (χ4v) is 1.44. The highest BCUT2D eigenvalue weighted by molar-refractivity contribution is 5.96. The highest BCUT2D eigenvalue weighted by atomic mass is 16.2. The molecule has 0 aliphatic carbocycles. The van der Waals surface area contributed by atoms with E-state index in [4.69, 9.17) is 5.73 Å². The summed E-state index contributed by atoms with van der Waals surface area (Å²) in [6.45, 7) is -0.0783. The summed E-state index contributed by atoms with van der Waals surface area (Å²) in [5.41, 5.74) is 6.52. The van der Waals surface area contributed by atoms with Gasteiger partial charge in [0.25, 0.3) is 5.91 Å². The molecule has 0 saturated heterocycles. The summed E-state index contributed by atoms with van der Waals surface area (Å²) in [6, 6.07) is 7.21. The van der Waals surface area contributed by atoms with Crippen LogP contribution in [-0.2, 0) is 4.79 Å². The van der Waals surface area contributed by atoms with E-state index in [1.165, 1.54) is 4.90 Å². The van der Waals surface area contributed by atoms with Gasteiger partial charge in [0.1, 0.15) is 0 Å². The molecule has 5 nitrogen and oxygen atoms in total. The molecule has 0 aliphatic rings. The number of hydrogen-bond donors (Lipinski definition) is 1. The SMILES string of the molecule is CN(CC(N)=O)C(=O)c1cccc(N(C)C)c1. The smallest absolute Gasteiger partial charge is 0.254 e. The Labute approximate surface area is 101 Å². The Kier molecular flexibility index (Phi) is 4.09. The number of benzene rings is 1. The third-order valence-corrected chi connectivity index (χ3v) is 2.35. The quantitative estimate of drug-likeness (QED) is 0.816. The lowest BCUT2D eigenvalue weighted by molar-refractivity contribution is -0.118. The predicted molar refractivity (Wildman–Crippen MR) is 66.9 cm³/mol. The van der Waals surface area contributed by atoms with Gasteiger partial charge >= 0.3 is 0 Å². The number of carbonyl (C=O) groups excluding carboxylic acids is 2. The molecule has 1 rings (SSSR count). The molecule has 0 spiro atoms. The fourth-order valence-electron chi connectivity index (χ4n) is 1.44. The normalized spacial score (nSPS) is 9.82. The minimum Gasteiger partial charge on any atom is -0.378 e. The predicted octanol–water partition coefficient (Wildman–Crippen LogP) is 0.310. The number of carbonyl (C=O) groups is 2. The van der Waals surface area contributed by atoms with Crippen molar-refractivity contribution >= 4 is 17.5 Å². The molecular formula is C12H17N3O2. The van der Waals surface area contributed by atoms with E-state index in [0.717, 1.165) is 5.69 Å². The minimum absolute atomic E-state index is 0.0783. The lowest BCUT2D eigenvalue weighted by Crippen LogP contribution is -2.35. The van der Waals surface area contributed by atoms with E-state index >= 15 is 0 Å². The van der Waals surface area contributed by atoms with Gasteiger partial charge in [-0.3, -0.25) is 9.59 Å². The molecule has 0 atom stereocenters. The van der Waals surface area contributed by atoms with E-state index in [0.29, 0.717) is 5.56 Å². The number of likely N-dealkylation sites (N-methyl/N-ethyl adjacent to an activating group) is 1. The summed E-state index contributed by atoms with van der Waals surface area (Å²) in [4.78, 5) is 25.9. The van der Waals surface area contributed by atoms with Gasteiger partial charge in [0, 0.05) is 32.4 Å². The zero-order valence-corrected chi connectivity index (χ0v) is 10.3. The Bertz CT molecular complexity index is 430. The highest BCUT2D eigenvalue weighted by Crippen LogP contribution is 2.14. The van der Waals surface area contributed by atoms with Crippen molar-refractivity contribution in [3.05, 3.63) is 29.8 Å². The van der Waals surface area contributed by atoms with Crippen LogP contribution in [0.15, 0.2) is 24.3 Å². The largest absolute Gasteiger partial charge is 0.378 e. The number of nitrogens with zero attached hydrogens (tertiary/aromatic N) is 2. The summed E-state index contributed by atoms with van der Waals surface area (Å²) >= 11 is 0. The molecule has 2 amide bonds. The van der Waals surface area contributed by atoms with Crippen molar-refractivity contribution in [1.82, 2.24) is 4.90 Å². The monoisotopic (exact) mass is 235 g/mol. The first-order valence-electron chi connectivity index (χ1n) is 5.23. The van der Waals surface area contributed by atoms with Crippen molar-refractivity contribution in [1.29, 1.82) is 0 Å². The molecule has 2 N–H and O–H groups in total. The second-order valence-corrected chi connectivity index (χ2v) is 4.07. The van der Waals surface area contributed by atoms with Crippen LogP contribution in [0.2, 0.25) is 0 Å². The number of rotatable bonds is 4. The van der Waals surface area contributed by atoms with Gasteiger partial charge in [-0.2, -0.15) is 0 Å². The fraction of sp³-hybridized carbons (Fsp3) is 0.333. The Morgan fingerprint density at radius 1 is 1.24 bits per heavy atom. The second kappa shape index (κ2) is 5.34. The van der Waals surface area contributed by atoms with Gasteiger partial charge in [-0.1, -0.05) is 6.07 Å². The maximum atomic E-state index is 12.0. The summed E-state index contributed by atoms with van der Waals surface area (Å²) in [5, 5.41) is 0. The molecule has 0 saturated carbocycles. The number of amides is 2. The molecule has 0 radical (unpaired) electrons. The summed E-state index contributed by atoms with van der Waals surface area (Å²) < 4.78 is 0. The molecule has 0 fully saturated rings. The van der Waals surface area contributed by atoms with Crippen molar-refractivity contribution in [3.63, 3.8) is 0 Å². The number of anilines is 1. The van der Waals surface area contributed by atoms with Gasteiger partial charge in [0.05, 0.1) is 6.54 Å². The molecular weight excluding hydrogens is 218 g/mol. The van der Waals surface area contributed by atoms with Crippen molar-refractivity contribution < 1.29 is 9.59 Å². The Morgan fingerprint density at radius 3 is 2.41 bits per heavy atom. The zero-order chi connectivity index (χ0) is 13.0. The van der Waals surface area contributed by atoms with Crippen LogP contribution in [-0.4, -0.2) is 44.4 Å².